The van der Waals surface area contributed by atoms with Crippen molar-refractivity contribution in [2.45, 2.75) is 33.2 Å². The molecule has 0 N–H and O–H groups in total. The van der Waals surface area contributed by atoms with Crippen LogP contribution in [0.5, 0.6) is 0 Å². The van der Waals surface area contributed by atoms with Crippen LogP contribution in [0.2, 0.25) is 0 Å². The van der Waals surface area contributed by atoms with Crippen molar-refractivity contribution >= 4 is 17.2 Å². The third-order valence-electron chi connectivity index (χ3n) is 4.60. The molecule has 1 aliphatic heterocycles. The van der Waals surface area contributed by atoms with Crippen LogP contribution in [0.3, 0.4) is 0 Å². The second-order valence-corrected chi connectivity index (χ2v) is 7.68. The first-order chi connectivity index (χ1) is 11.6. The number of amides is 1. The SMILES string of the molecule is Cc1nc(CCC(=O)N2CCN(Cc3ccccc3)CC2)sc1C. The van der Waals surface area contributed by atoms with Gasteiger partial charge in [-0.25, -0.2) is 4.98 Å². The topological polar surface area (TPSA) is 36.4 Å². The molecule has 1 fully saturated rings. The predicted molar refractivity (Wildman–Crippen MR) is 98.2 cm³/mol. The molecule has 1 saturated heterocycles. The fraction of sp³-hybridized carbons (Fsp3) is 0.474. The number of aryl methyl sites for hydroxylation is 3. The summed E-state index contributed by atoms with van der Waals surface area (Å²) >= 11 is 1.71. The summed E-state index contributed by atoms with van der Waals surface area (Å²) in [5, 5.41) is 1.08. The average molecular weight is 343 g/mol. The molecule has 0 radical (unpaired) electrons. The first-order valence-electron chi connectivity index (χ1n) is 8.59. The molecule has 1 aromatic heterocycles. The van der Waals surface area contributed by atoms with Crippen LogP contribution in [-0.2, 0) is 17.8 Å². The number of carbonyl (C=O) groups excluding carboxylic acids is 1. The largest absolute Gasteiger partial charge is 0.340 e. The average Bonchev–Trinajstić information content (AvgIpc) is 2.92. The molecule has 4 nitrogen and oxygen atoms in total. The number of hydrogen-bond acceptors (Lipinski definition) is 4. The fourth-order valence-corrected chi connectivity index (χ4v) is 3.95. The van der Waals surface area contributed by atoms with Gasteiger partial charge in [-0.2, -0.15) is 0 Å². The Balaban J connectivity index is 1.43. The molecule has 24 heavy (non-hydrogen) atoms. The predicted octanol–water partition coefficient (Wildman–Crippen LogP) is 3.04. The van der Waals surface area contributed by atoms with Crippen LogP contribution in [0.25, 0.3) is 0 Å². The molecule has 3 rings (SSSR count). The molecule has 0 unspecified atom stereocenters. The lowest BCUT2D eigenvalue weighted by Crippen LogP contribution is -2.48. The van der Waals surface area contributed by atoms with E-state index < -0.39 is 0 Å². The van der Waals surface area contributed by atoms with Crippen molar-refractivity contribution in [1.82, 2.24) is 14.8 Å². The van der Waals surface area contributed by atoms with Gasteiger partial charge < -0.3 is 4.90 Å². The smallest absolute Gasteiger partial charge is 0.223 e. The molecule has 1 aromatic carbocycles. The quantitative estimate of drug-likeness (QED) is 0.837. The van der Waals surface area contributed by atoms with E-state index in [4.69, 9.17) is 0 Å². The van der Waals surface area contributed by atoms with E-state index in [1.165, 1.54) is 10.4 Å². The van der Waals surface area contributed by atoms with Crippen LogP contribution in [0.15, 0.2) is 30.3 Å². The molecule has 0 saturated carbocycles. The highest BCUT2D eigenvalue weighted by Gasteiger charge is 2.21. The number of nitrogens with zero attached hydrogens (tertiary/aromatic N) is 3. The summed E-state index contributed by atoms with van der Waals surface area (Å²) < 4.78 is 0. The Morgan fingerprint density at radius 1 is 1.12 bits per heavy atom. The molecule has 1 amide bonds. The van der Waals surface area contributed by atoms with Crippen molar-refractivity contribution in [3.63, 3.8) is 0 Å². The number of benzene rings is 1. The normalized spacial score (nSPS) is 15.7. The van der Waals surface area contributed by atoms with Gasteiger partial charge in [0.15, 0.2) is 0 Å². The fourth-order valence-electron chi connectivity index (χ4n) is 3.02. The van der Waals surface area contributed by atoms with Crippen LogP contribution in [0.4, 0.5) is 0 Å². The van der Waals surface area contributed by atoms with Gasteiger partial charge in [0.05, 0.1) is 10.7 Å². The summed E-state index contributed by atoms with van der Waals surface area (Å²) in [7, 11) is 0. The van der Waals surface area contributed by atoms with Crippen molar-refractivity contribution in [3.05, 3.63) is 51.5 Å². The summed E-state index contributed by atoms with van der Waals surface area (Å²) in [6, 6.07) is 10.5. The Morgan fingerprint density at radius 3 is 2.46 bits per heavy atom. The molecule has 0 spiro atoms. The van der Waals surface area contributed by atoms with E-state index in [0.29, 0.717) is 6.42 Å². The molecule has 2 aromatic rings. The van der Waals surface area contributed by atoms with Crippen molar-refractivity contribution < 1.29 is 4.79 Å². The minimum Gasteiger partial charge on any atom is -0.340 e. The molecule has 2 heterocycles. The minimum absolute atomic E-state index is 0.264. The van der Waals surface area contributed by atoms with Crippen LogP contribution < -0.4 is 0 Å². The number of carbonyl (C=O) groups is 1. The van der Waals surface area contributed by atoms with Gasteiger partial charge in [0.2, 0.25) is 5.91 Å². The van der Waals surface area contributed by atoms with E-state index in [0.717, 1.165) is 49.8 Å². The van der Waals surface area contributed by atoms with Crippen molar-refractivity contribution in [2.24, 2.45) is 0 Å². The first-order valence-corrected chi connectivity index (χ1v) is 9.40. The molecule has 5 heteroatoms. The highest BCUT2D eigenvalue weighted by molar-refractivity contribution is 7.11. The van der Waals surface area contributed by atoms with Gasteiger partial charge in [-0.1, -0.05) is 30.3 Å². The lowest BCUT2D eigenvalue weighted by Gasteiger charge is -2.34. The van der Waals surface area contributed by atoms with Crippen molar-refractivity contribution in [3.8, 4) is 0 Å². The van der Waals surface area contributed by atoms with Gasteiger partial charge in [0, 0.05) is 50.4 Å². The Bertz CT molecular complexity index is 656. The van der Waals surface area contributed by atoms with E-state index in [2.05, 4.69) is 41.1 Å². The highest BCUT2D eigenvalue weighted by atomic mass is 32.1. The number of hydrogen-bond donors (Lipinski definition) is 0. The lowest BCUT2D eigenvalue weighted by atomic mass is 10.2. The molecular formula is C19H25N3OS. The minimum atomic E-state index is 0.264. The second-order valence-electron chi connectivity index (χ2n) is 6.39. The van der Waals surface area contributed by atoms with Gasteiger partial charge in [-0.15, -0.1) is 11.3 Å². The van der Waals surface area contributed by atoms with Gasteiger partial charge in [-0.3, -0.25) is 9.69 Å². The second kappa shape index (κ2) is 7.90. The summed E-state index contributed by atoms with van der Waals surface area (Å²) in [4.78, 5) is 22.6. The maximum absolute atomic E-state index is 12.4. The zero-order chi connectivity index (χ0) is 16.9. The first kappa shape index (κ1) is 17.1. The molecule has 0 atom stereocenters. The zero-order valence-corrected chi connectivity index (χ0v) is 15.3. The Labute approximate surface area is 148 Å². The number of aromatic nitrogens is 1. The summed E-state index contributed by atoms with van der Waals surface area (Å²) in [5.41, 5.74) is 2.43. The van der Waals surface area contributed by atoms with Gasteiger partial charge >= 0.3 is 0 Å². The standard InChI is InChI=1S/C19H25N3OS/c1-15-16(2)24-18(20-15)8-9-19(23)22-12-10-21(11-13-22)14-17-6-4-3-5-7-17/h3-7H,8-14H2,1-2H3. The van der Waals surface area contributed by atoms with Crippen molar-refractivity contribution in [1.29, 1.82) is 0 Å². The van der Waals surface area contributed by atoms with Crippen molar-refractivity contribution in [2.75, 3.05) is 26.2 Å². The molecule has 128 valence electrons. The summed E-state index contributed by atoms with van der Waals surface area (Å²) in [6.07, 6.45) is 1.34. The van der Waals surface area contributed by atoms with Crippen LogP contribution in [0.1, 0.15) is 27.6 Å². The summed E-state index contributed by atoms with van der Waals surface area (Å²) in [5.74, 6) is 0.264. The third kappa shape index (κ3) is 4.42. The van der Waals surface area contributed by atoms with Crippen LogP contribution >= 0.6 is 11.3 Å². The highest BCUT2D eigenvalue weighted by Crippen LogP contribution is 2.18. The number of thiazole rings is 1. The maximum Gasteiger partial charge on any atom is 0.223 e. The Hall–Kier alpha value is -1.72. The van der Waals surface area contributed by atoms with E-state index in [9.17, 15) is 4.79 Å². The Morgan fingerprint density at radius 2 is 1.83 bits per heavy atom. The van der Waals surface area contributed by atoms with Crippen LogP contribution in [0, 0.1) is 13.8 Å². The van der Waals surface area contributed by atoms with E-state index in [1.807, 2.05) is 17.9 Å². The molecule has 0 bridgehead atoms. The monoisotopic (exact) mass is 343 g/mol. The van der Waals surface area contributed by atoms with Crippen LogP contribution in [-0.4, -0.2) is 46.9 Å². The lowest BCUT2D eigenvalue weighted by molar-refractivity contribution is -0.133. The maximum atomic E-state index is 12.4. The van der Waals surface area contributed by atoms with Gasteiger partial charge in [0.1, 0.15) is 0 Å². The van der Waals surface area contributed by atoms with E-state index in [1.54, 1.807) is 11.3 Å². The third-order valence-corrected chi connectivity index (χ3v) is 5.73. The molecule has 1 aliphatic rings. The molecular weight excluding hydrogens is 318 g/mol. The number of piperazine rings is 1. The Kier molecular flexibility index (Phi) is 5.63. The van der Waals surface area contributed by atoms with Gasteiger partial charge in [0.25, 0.3) is 0 Å². The van der Waals surface area contributed by atoms with Gasteiger partial charge in [-0.05, 0) is 19.4 Å². The molecule has 0 aliphatic carbocycles. The van der Waals surface area contributed by atoms with E-state index >= 15 is 0 Å². The number of rotatable bonds is 5. The van der Waals surface area contributed by atoms with E-state index in [-0.39, 0.29) is 5.91 Å². The zero-order valence-electron chi connectivity index (χ0n) is 14.5. The summed E-state index contributed by atoms with van der Waals surface area (Å²) in [6.45, 7) is 8.67.